The molecule has 0 aliphatic heterocycles. The average Bonchev–Trinajstić information content (AvgIpc) is 3.50. The SMILES string of the molecule is CN(c1c(Nc2nc(Cl)ncc2Br)ccc2nccnc12)S(=O)(=O)C1CC1. The molecular formula is C16H14BrClN6O2S. The Balaban J connectivity index is 1.89. The van der Waals surface area contributed by atoms with Gasteiger partial charge in [-0.2, -0.15) is 4.98 Å². The van der Waals surface area contributed by atoms with E-state index in [1.54, 1.807) is 18.3 Å². The molecule has 2 aromatic heterocycles. The third-order valence-electron chi connectivity index (χ3n) is 4.22. The van der Waals surface area contributed by atoms with Gasteiger partial charge in [0.25, 0.3) is 0 Å². The maximum absolute atomic E-state index is 12.9. The van der Waals surface area contributed by atoms with Crippen LogP contribution in [0.4, 0.5) is 17.2 Å². The minimum absolute atomic E-state index is 0.0711. The summed E-state index contributed by atoms with van der Waals surface area (Å²) in [6.07, 6.45) is 5.95. The number of hydrogen-bond acceptors (Lipinski definition) is 7. The first-order chi connectivity index (χ1) is 12.9. The summed E-state index contributed by atoms with van der Waals surface area (Å²) in [4.78, 5) is 16.7. The van der Waals surface area contributed by atoms with Crippen molar-refractivity contribution in [2.24, 2.45) is 0 Å². The molecule has 4 rings (SSSR count). The van der Waals surface area contributed by atoms with Crippen molar-refractivity contribution in [2.45, 2.75) is 18.1 Å². The van der Waals surface area contributed by atoms with Crippen LogP contribution in [0, 0.1) is 0 Å². The molecule has 0 amide bonds. The summed E-state index contributed by atoms with van der Waals surface area (Å²) in [5, 5.41) is 2.84. The Morgan fingerprint density at radius 3 is 2.70 bits per heavy atom. The molecule has 0 atom stereocenters. The minimum Gasteiger partial charge on any atom is -0.337 e. The van der Waals surface area contributed by atoms with Crippen LogP contribution in [0.2, 0.25) is 5.28 Å². The van der Waals surface area contributed by atoms with Crippen LogP contribution in [0.15, 0.2) is 35.2 Å². The van der Waals surface area contributed by atoms with Crippen LogP contribution in [-0.4, -0.2) is 40.7 Å². The Labute approximate surface area is 169 Å². The summed E-state index contributed by atoms with van der Waals surface area (Å²) in [6, 6.07) is 3.51. The molecule has 0 unspecified atom stereocenters. The van der Waals surface area contributed by atoms with E-state index >= 15 is 0 Å². The third-order valence-corrected chi connectivity index (χ3v) is 7.25. The van der Waals surface area contributed by atoms with Crippen molar-refractivity contribution in [3.63, 3.8) is 0 Å². The van der Waals surface area contributed by atoms with Crippen LogP contribution in [0.1, 0.15) is 12.8 Å². The molecule has 1 saturated carbocycles. The number of anilines is 3. The number of sulfonamides is 1. The zero-order valence-electron chi connectivity index (χ0n) is 14.1. The summed E-state index contributed by atoms with van der Waals surface area (Å²) in [5.74, 6) is 0.414. The van der Waals surface area contributed by atoms with Gasteiger partial charge in [-0.05, 0) is 52.5 Å². The largest absolute Gasteiger partial charge is 0.337 e. The van der Waals surface area contributed by atoms with Gasteiger partial charge in [-0.1, -0.05) is 0 Å². The highest BCUT2D eigenvalue weighted by Crippen LogP contribution is 2.40. The van der Waals surface area contributed by atoms with E-state index in [1.807, 2.05) is 0 Å². The summed E-state index contributed by atoms with van der Waals surface area (Å²) < 4.78 is 27.6. The summed E-state index contributed by atoms with van der Waals surface area (Å²) in [7, 11) is -1.96. The Morgan fingerprint density at radius 1 is 1.22 bits per heavy atom. The van der Waals surface area contributed by atoms with Crippen molar-refractivity contribution in [3.05, 3.63) is 40.5 Å². The molecule has 1 aliphatic carbocycles. The van der Waals surface area contributed by atoms with Gasteiger partial charge < -0.3 is 5.32 Å². The first-order valence-corrected chi connectivity index (χ1v) is 10.7. The van der Waals surface area contributed by atoms with E-state index in [9.17, 15) is 8.42 Å². The fourth-order valence-corrected chi connectivity index (χ4v) is 4.76. The lowest BCUT2D eigenvalue weighted by molar-refractivity contribution is 0.593. The van der Waals surface area contributed by atoms with Gasteiger partial charge in [0.1, 0.15) is 17.0 Å². The molecule has 0 radical (unpaired) electrons. The Kier molecular flexibility index (Phi) is 4.65. The first kappa shape index (κ1) is 18.3. The number of fused-ring (bicyclic) bond motifs is 1. The highest BCUT2D eigenvalue weighted by atomic mass is 79.9. The van der Waals surface area contributed by atoms with E-state index in [0.717, 1.165) is 0 Å². The number of aromatic nitrogens is 4. The van der Waals surface area contributed by atoms with E-state index in [1.165, 1.54) is 23.7 Å². The van der Waals surface area contributed by atoms with Crippen LogP contribution in [0.5, 0.6) is 0 Å². The molecule has 0 spiro atoms. The third kappa shape index (κ3) is 3.44. The predicted molar refractivity (Wildman–Crippen MR) is 108 cm³/mol. The van der Waals surface area contributed by atoms with Gasteiger partial charge in [0.2, 0.25) is 15.3 Å². The molecule has 8 nitrogen and oxygen atoms in total. The normalized spacial score (nSPS) is 14.3. The van der Waals surface area contributed by atoms with Crippen molar-refractivity contribution in [2.75, 3.05) is 16.7 Å². The molecule has 1 aliphatic rings. The molecule has 1 fully saturated rings. The fraction of sp³-hybridized carbons (Fsp3) is 0.250. The summed E-state index contributed by atoms with van der Waals surface area (Å²) in [5.41, 5.74) is 2.00. The van der Waals surface area contributed by atoms with Crippen LogP contribution < -0.4 is 9.62 Å². The highest BCUT2D eigenvalue weighted by molar-refractivity contribution is 9.10. The molecule has 0 saturated heterocycles. The van der Waals surface area contributed by atoms with Gasteiger partial charge in [0.15, 0.2) is 0 Å². The molecule has 27 heavy (non-hydrogen) atoms. The number of rotatable bonds is 5. The van der Waals surface area contributed by atoms with Crippen molar-refractivity contribution < 1.29 is 8.42 Å². The van der Waals surface area contributed by atoms with Crippen molar-refractivity contribution in [3.8, 4) is 0 Å². The van der Waals surface area contributed by atoms with E-state index in [0.29, 0.717) is 45.5 Å². The van der Waals surface area contributed by atoms with Gasteiger partial charge in [-0.3, -0.25) is 14.3 Å². The predicted octanol–water partition coefficient (Wildman–Crippen LogP) is 3.51. The average molecular weight is 470 g/mol. The van der Waals surface area contributed by atoms with E-state index < -0.39 is 10.0 Å². The Bertz CT molecular complexity index is 1140. The van der Waals surface area contributed by atoms with Gasteiger partial charge in [0, 0.05) is 25.6 Å². The molecule has 2 heterocycles. The second-order valence-corrected chi connectivity index (χ2v) is 9.49. The number of benzene rings is 1. The van der Waals surface area contributed by atoms with Crippen LogP contribution in [0.25, 0.3) is 11.0 Å². The summed E-state index contributed by atoms with van der Waals surface area (Å²) >= 11 is 9.26. The lowest BCUT2D eigenvalue weighted by atomic mass is 10.2. The molecule has 0 bridgehead atoms. The first-order valence-electron chi connectivity index (χ1n) is 8.04. The highest BCUT2D eigenvalue weighted by Gasteiger charge is 2.40. The van der Waals surface area contributed by atoms with E-state index in [4.69, 9.17) is 11.6 Å². The Morgan fingerprint density at radius 2 is 1.96 bits per heavy atom. The lowest BCUT2D eigenvalue weighted by Crippen LogP contribution is -2.30. The van der Waals surface area contributed by atoms with Gasteiger partial charge in [-0.15, -0.1) is 0 Å². The quantitative estimate of drug-likeness (QED) is 0.571. The molecular weight excluding hydrogens is 456 g/mol. The van der Waals surface area contributed by atoms with Crippen LogP contribution in [0.3, 0.4) is 0 Å². The minimum atomic E-state index is -3.49. The van der Waals surface area contributed by atoms with Gasteiger partial charge >= 0.3 is 0 Å². The number of halogens is 2. The molecule has 1 N–H and O–H groups in total. The second kappa shape index (κ2) is 6.84. The molecule has 1 aromatic carbocycles. The zero-order chi connectivity index (χ0) is 19.2. The fourth-order valence-electron chi connectivity index (χ4n) is 2.72. The standard InChI is InChI=1S/C16H14BrClN6O2S/c1-24(27(25,26)9-2-3-9)14-12(5-4-11-13(14)20-7-6-19-11)22-15-10(17)8-21-16(18)23-15/h4-9H,2-3H2,1H3,(H,21,22,23). The summed E-state index contributed by atoms with van der Waals surface area (Å²) in [6.45, 7) is 0. The van der Waals surface area contributed by atoms with Gasteiger partial charge in [0.05, 0.1) is 20.9 Å². The molecule has 140 valence electrons. The number of nitrogens with zero attached hydrogens (tertiary/aromatic N) is 5. The molecule has 3 aromatic rings. The second-order valence-electron chi connectivity index (χ2n) is 6.06. The number of hydrogen-bond donors (Lipinski definition) is 1. The molecule has 11 heteroatoms. The topological polar surface area (TPSA) is 101 Å². The van der Waals surface area contributed by atoms with Crippen molar-refractivity contribution >= 4 is 65.8 Å². The zero-order valence-corrected chi connectivity index (χ0v) is 17.3. The lowest BCUT2D eigenvalue weighted by Gasteiger charge is -2.23. The van der Waals surface area contributed by atoms with Crippen molar-refractivity contribution in [1.82, 2.24) is 19.9 Å². The smallest absolute Gasteiger partial charge is 0.237 e. The van der Waals surface area contributed by atoms with Crippen molar-refractivity contribution in [1.29, 1.82) is 0 Å². The van der Waals surface area contributed by atoms with E-state index in [2.05, 4.69) is 41.2 Å². The van der Waals surface area contributed by atoms with Crippen LogP contribution >= 0.6 is 27.5 Å². The van der Waals surface area contributed by atoms with Crippen LogP contribution in [-0.2, 0) is 10.0 Å². The maximum atomic E-state index is 12.9. The Hall–Kier alpha value is -2.04. The van der Waals surface area contributed by atoms with E-state index in [-0.39, 0.29) is 10.5 Å². The maximum Gasteiger partial charge on any atom is 0.237 e. The monoisotopic (exact) mass is 468 g/mol. The van der Waals surface area contributed by atoms with Gasteiger partial charge in [-0.25, -0.2) is 13.4 Å². The number of nitrogens with one attached hydrogen (secondary N) is 1.